The number of aliphatic hydroxyl groups is 1. The zero-order valence-electron chi connectivity index (χ0n) is 3.86. The fraction of sp³-hybridized carbons (Fsp3) is 1.00. The average molecular weight is 86.1 g/mol. The summed E-state index contributed by atoms with van der Waals surface area (Å²) < 4.78 is 0. The van der Waals surface area contributed by atoms with E-state index in [1.807, 2.05) is 0 Å². The molecule has 1 N–H and O–H groups in total. The van der Waals surface area contributed by atoms with Crippen molar-refractivity contribution < 1.29 is 39.8 Å². The Kier molecular flexibility index (Phi) is 300. The molecule has 0 atom stereocenters. The van der Waals surface area contributed by atoms with Crippen molar-refractivity contribution in [3.8, 4) is 0 Å². The molecule has 0 aliphatic rings. The van der Waals surface area contributed by atoms with Crippen LogP contribution in [0.4, 0.5) is 0 Å². The molecule has 0 aromatic carbocycles. The molecule has 0 fully saturated rings. The molecule has 0 aromatic rings. The Morgan fingerprint density at radius 2 is 1.20 bits per heavy atom. The van der Waals surface area contributed by atoms with Crippen molar-refractivity contribution in [2.75, 3.05) is 14.2 Å². The summed E-state index contributed by atoms with van der Waals surface area (Å²) in [5.74, 6) is 0. The van der Waals surface area contributed by atoms with E-state index < -0.39 is 0 Å². The third kappa shape index (κ3) is 49.6. The Hall–Kier alpha value is 0.920. The molecule has 0 spiro atoms. The van der Waals surface area contributed by atoms with Gasteiger partial charge >= 0.3 is 29.6 Å². The summed E-state index contributed by atoms with van der Waals surface area (Å²) in [6.45, 7) is 0. The van der Waals surface area contributed by atoms with E-state index in [2.05, 4.69) is 0 Å². The smallest absolute Gasteiger partial charge is 0.857 e. The fourth-order valence-electron chi connectivity index (χ4n) is 0. The first-order chi connectivity index (χ1) is 2.00. The van der Waals surface area contributed by atoms with E-state index in [-0.39, 0.29) is 29.6 Å². The molecule has 0 aliphatic heterocycles. The minimum Gasteiger partial charge on any atom is -0.857 e. The van der Waals surface area contributed by atoms with E-state index in [1.54, 1.807) is 0 Å². The molecule has 0 aliphatic carbocycles. The maximum Gasteiger partial charge on any atom is 1.00 e. The van der Waals surface area contributed by atoms with Gasteiger partial charge < -0.3 is 10.2 Å². The molecule has 3 heteroatoms. The topological polar surface area (TPSA) is 43.3 Å². The van der Waals surface area contributed by atoms with Crippen LogP contribution in [0.1, 0.15) is 0 Å². The summed E-state index contributed by atoms with van der Waals surface area (Å²) in [6.07, 6.45) is 0. The Labute approximate surface area is 54.1 Å². The molecule has 5 heavy (non-hydrogen) atoms. The summed E-state index contributed by atoms with van der Waals surface area (Å²) in [4.78, 5) is 0. The van der Waals surface area contributed by atoms with Gasteiger partial charge in [0.2, 0.25) is 0 Å². The predicted molar refractivity (Wildman–Crippen MR) is 14.1 cm³/mol. The Morgan fingerprint density at radius 1 is 1.20 bits per heavy atom. The molecule has 0 bridgehead atoms. The summed E-state index contributed by atoms with van der Waals surface area (Å²) >= 11 is 0. The summed E-state index contributed by atoms with van der Waals surface area (Å²) in [5, 5.41) is 15.2. The second-order valence-corrected chi connectivity index (χ2v) is 0. The zero-order chi connectivity index (χ0) is 4.00. The zero-order valence-corrected chi connectivity index (χ0v) is 5.86. The van der Waals surface area contributed by atoms with Gasteiger partial charge in [0, 0.05) is 7.11 Å². The Bertz CT molecular complexity index is 7.61. The normalized spacial score (nSPS) is 2.40. The quantitative estimate of drug-likeness (QED) is 0.302. The first-order valence-electron chi connectivity index (χ1n) is 0.855. The molecule has 0 unspecified atom stereocenters. The van der Waals surface area contributed by atoms with Crippen molar-refractivity contribution in [3.63, 3.8) is 0 Å². The van der Waals surface area contributed by atoms with Crippen LogP contribution >= 0.6 is 0 Å². The van der Waals surface area contributed by atoms with Gasteiger partial charge in [-0.15, -0.1) is 0 Å². The first kappa shape index (κ1) is 16.8. The number of hydrogen-bond acceptors (Lipinski definition) is 2. The minimum absolute atomic E-state index is 0. The van der Waals surface area contributed by atoms with E-state index in [9.17, 15) is 0 Å². The molecule has 0 aromatic heterocycles. The molecule has 2 nitrogen and oxygen atoms in total. The molecule has 0 saturated heterocycles. The second kappa shape index (κ2) is 89.3. The molecular formula is C2H7NaO2. The van der Waals surface area contributed by atoms with Crippen molar-refractivity contribution in [2.24, 2.45) is 0 Å². The van der Waals surface area contributed by atoms with Gasteiger partial charge in [0.05, 0.1) is 0 Å². The van der Waals surface area contributed by atoms with E-state index >= 15 is 0 Å². The largest absolute Gasteiger partial charge is 1.00 e. The van der Waals surface area contributed by atoms with Crippen molar-refractivity contribution in [2.45, 2.75) is 0 Å². The predicted octanol–water partition coefficient (Wildman–Crippen LogP) is -4.41. The van der Waals surface area contributed by atoms with Crippen molar-refractivity contribution >= 4 is 0 Å². The summed E-state index contributed by atoms with van der Waals surface area (Å²) in [6, 6.07) is 0. The van der Waals surface area contributed by atoms with Crippen LogP contribution in [-0.4, -0.2) is 19.3 Å². The van der Waals surface area contributed by atoms with E-state index in [0.717, 1.165) is 14.2 Å². The van der Waals surface area contributed by atoms with Crippen molar-refractivity contribution in [1.82, 2.24) is 0 Å². The molecule has 0 heterocycles. The minimum atomic E-state index is 0. The van der Waals surface area contributed by atoms with Crippen molar-refractivity contribution in [1.29, 1.82) is 0 Å². The average Bonchev–Trinajstić information content (AvgIpc) is 1.50. The van der Waals surface area contributed by atoms with Crippen LogP contribution in [0.5, 0.6) is 0 Å². The summed E-state index contributed by atoms with van der Waals surface area (Å²) in [5.41, 5.74) is 0. The molecule has 0 amide bonds. The van der Waals surface area contributed by atoms with Gasteiger partial charge in [-0.3, -0.25) is 0 Å². The van der Waals surface area contributed by atoms with E-state index in [4.69, 9.17) is 10.2 Å². The molecule has 0 radical (unpaired) electrons. The van der Waals surface area contributed by atoms with E-state index in [0.29, 0.717) is 0 Å². The SMILES string of the molecule is CO.C[O-].[Na+]. The standard InChI is InChI=1S/CH4O.CH3O.Na/c2*1-2;/h2H,1H3;1H3;/q;-1;+1. The van der Waals surface area contributed by atoms with Crippen LogP contribution in [0.2, 0.25) is 0 Å². The number of aliphatic hydroxyl groups excluding tert-OH is 1. The van der Waals surface area contributed by atoms with Gasteiger partial charge in [-0.25, -0.2) is 0 Å². The number of hydrogen-bond donors (Lipinski definition) is 1. The van der Waals surface area contributed by atoms with Gasteiger partial charge in [-0.1, -0.05) is 0 Å². The first-order valence-corrected chi connectivity index (χ1v) is 0.855. The molecule has 0 saturated carbocycles. The van der Waals surface area contributed by atoms with Gasteiger partial charge in [0.15, 0.2) is 0 Å². The van der Waals surface area contributed by atoms with E-state index in [1.165, 1.54) is 0 Å². The van der Waals surface area contributed by atoms with Crippen LogP contribution in [0.3, 0.4) is 0 Å². The molecule has 28 valence electrons. The second-order valence-electron chi connectivity index (χ2n) is 0. The Morgan fingerprint density at radius 3 is 1.20 bits per heavy atom. The third-order valence-corrected chi connectivity index (χ3v) is 0. The van der Waals surface area contributed by atoms with Gasteiger partial charge in [-0.05, 0) is 0 Å². The van der Waals surface area contributed by atoms with Crippen molar-refractivity contribution in [3.05, 3.63) is 0 Å². The third-order valence-electron chi connectivity index (χ3n) is 0. The van der Waals surface area contributed by atoms with Crippen LogP contribution in [0.15, 0.2) is 0 Å². The van der Waals surface area contributed by atoms with Crippen LogP contribution in [0.25, 0.3) is 0 Å². The molecule has 0 rings (SSSR count). The monoisotopic (exact) mass is 86.0 g/mol. The maximum absolute atomic E-state index is 8.25. The number of rotatable bonds is 0. The molecular weight excluding hydrogens is 79.0 g/mol. The van der Waals surface area contributed by atoms with Gasteiger partial charge in [0.1, 0.15) is 0 Å². The van der Waals surface area contributed by atoms with Gasteiger partial charge in [0.25, 0.3) is 0 Å². The van der Waals surface area contributed by atoms with Crippen LogP contribution < -0.4 is 34.7 Å². The Balaban J connectivity index is -0.0000000133. The van der Waals surface area contributed by atoms with Gasteiger partial charge in [-0.2, -0.15) is 7.11 Å². The van der Waals surface area contributed by atoms with Crippen LogP contribution in [0, 0.1) is 0 Å². The fourth-order valence-corrected chi connectivity index (χ4v) is 0. The summed E-state index contributed by atoms with van der Waals surface area (Å²) in [7, 11) is 1.75. The van der Waals surface area contributed by atoms with Crippen LogP contribution in [-0.2, 0) is 0 Å². The maximum atomic E-state index is 8.25.